The third-order valence-corrected chi connectivity index (χ3v) is 10.7. The molecule has 1 unspecified atom stereocenters. The highest BCUT2D eigenvalue weighted by atomic mass is 35.5. The van der Waals surface area contributed by atoms with E-state index in [-0.39, 0.29) is 24.9 Å². The molecule has 4 aromatic rings. The van der Waals surface area contributed by atoms with Crippen LogP contribution < -0.4 is 20.9 Å². The molecule has 3 atom stereocenters. The molecule has 260 valence electrons. The molecule has 0 saturated heterocycles. The Morgan fingerprint density at radius 1 is 0.900 bits per heavy atom. The van der Waals surface area contributed by atoms with Gasteiger partial charge in [-0.15, -0.1) is 0 Å². The van der Waals surface area contributed by atoms with Crippen molar-refractivity contribution in [1.82, 2.24) is 5.32 Å². The van der Waals surface area contributed by atoms with E-state index in [1.165, 1.54) is 0 Å². The number of carbonyl (C=O) groups excluding carboxylic acids is 3. The maximum absolute atomic E-state index is 14.8. The second-order valence-corrected chi connectivity index (χ2v) is 14.4. The average molecular weight is 712 g/mol. The van der Waals surface area contributed by atoms with E-state index in [2.05, 4.69) is 17.1 Å². The Kier molecular flexibility index (Phi) is 11.5. The van der Waals surface area contributed by atoms with Gasteiger partial charge in [-0.2, -0.15) is 0 Å². The largest absolute Gasteiger partial charge is 0.369 e. The van der Waals surface area contributed by atoms with Crippen molar-refractivity contribution in [1.29, 1.82) is 0 Å². The summed E-state index contributed by atoms with van der Waals surface area (Å²) in [5, 5.41) is 4.26. The minimum Gasteiger partial charge on any atom is -0.369 e. The van der Waals surface area contributed by atoms with Crippen LogP contribution in [0.15, 0.2) is 97.1 Å². The Morgan fingerprint density at radius 3 is 2.32 bits per heavy atom. The summed E-state index contributed by atoms with van der Waals surface area (Å²) in [6.07, 6.45) is 6.05. The number of nitrogens with two attached hydrogens (primary N) is 1. The molecular weight excluding hydrogens is 667 g/mol. The van der Waals surface area contributed by atoms with Crippen molar-refractivity contribution in [3.63, 3.8) is 0 Å². The molecule has 1 heterocycles. The predicted molar refractivity (Wildman–Crippen MR) is 203 cm³/mol. The number of rotatable bonds is 13. The lowest BCUT2D eigenvalue weighted by atomic mass is 9.73. The third kappa shape index (κ3) is 8.00. The van der Waals surface area contributed by atoms with Crippen LogP contribution in [-0.2, 0) is 20.9 Å². The van der Waals surface area contributed by atoms with Crippen LogP contribution in [0.5, 0.6) is 0 Å². The molecule has 7 nitrogen and oxygen atoms in total. The van der Waals surface area contributed by atoms with Gasteiger partial charge in [0.2, 0.25) is 11.8 Å². The topological polar surface area (TPSA) is 95.7 Å². The Bertz CT molecular complexity index is 1830. The molecule has 0 aromatic heterocycles. The van der Waals surface area contributed by atoms with Crippen molar-refractivity contribution in [3.8, 4) is 11.1 Å². The highest BCUT2D eigenvalue weighted by Gasteiger charge is 2.40. The lowest BCUT2D eigenvalue weighted by Crippen LogP contribution is -2.54. The molecule has 6 rings (SSSR count). The zero-order chi connectivity index (χ0) is 35.2. The monoisotopic (exact) mass is 710 g/mol. The van der Waals surface area contributed by atoms with Gasteiger partial charge in [0.15, 0.2) is 0 Å². The molecule has 1 aliphatic carbocycles. The Hall–Kier alpha value is -4.33. The van der Waals surface area contributed by atoms with Gasteiger partial charge in [0.1, 0.15) is 6.04 Å². The van der Waals surface area contributed by atoms with E-state index in [0.29, 0.717) is 28.8 Å². The van der Waals surface area contributed by atoms with E-state index in [9.17, 15) is 14.4 Å². The van der Waals surface area contributed by atoms with Crippen molar-refractivity contribution < 1.29 is 14.4 Å². The van der Waals surface area contributed by atoms with Crippen LogP contribution in [0.2, 0.25) is 10.0 Å². The molecule has 0 radical (unpaired) electrons. The summed E-state index contributed by atoms with van der Waals surface area (Å²) in [7, 11) is 0. The molecule has 2 aliphatic rings. The summed E-state index contributed by atoms with van der Waals surface area (Å²) in [6, 6.07) is 30.2. The first-order valence-corrected chi connectivity index (χ1v) is 18.4. The normalized spacial score (nSPS) is 17.3. The fraction of sp³-hybridized carbons (Fsp3) is 0.341. The van der Waals surface area contributed by atoms with Crippen LogP contribution in [0.25, 0.3) is 11.1 Å². The van der Waals surface area contributed by atoms with Gasteiger partial charge in [-0.25, -0.2) is 0 Å². The number of nitrogens with zero attached hydrogens (tertiary/aromatic N) is 2. The average Bonchev–Trinajstić information content (AvgIpc) is 3.20. The van der Waals surface area contributed by atoms with Crippen molar-refractivity contribution in [2.24, 2.45) is 23.5 Å². The maximum atomic E-state index is 14.8. The van der Waals surface area contributed by atoms with Crippen LogP contribution in [0.4, 0.5) is 17.1 Å². The number of nitrogens with one attached hydrogen (secondary N) is 1. The number of fused-ring (bicyclic) bond motifs is 1. The van der Waals surface area contributed by atoms with Crippen molar-refractivity contribution in [2.75, 3.05) is 16.3 Å². The van der Waals surface area contributed by atoms with Crippen molar-refractivity contribution in [3.05, 3.63) is 113 Å². The zero-order valence-electron chi connectivity index (χ0n) is 28.4. The molecule has 3 N–H and O–H groups in total. The fourth-order valence-electron chi connectivity index (χ4n) is 7.24. The van der Waals surface area contributed by atoms with Gasteiger partial charge in [0.05, 0.1) is 24.5 Å². The molecule has 4 aromatic carbocycles. The summed E-state index contributed by atoms with van der Waals surface area (Å²) in [4.78, 5) is 45.8. The first kappa shape index (κ1) is 35.5. The number of benzene rings is 4. The molecule has 0 spiro atoms. The Morgan fingerprint density at radius 2 is 1.64 bits per heavy atom. The summed E-state index contributed by atoms with van der Waals surface area (Å²) in [6.45, 7) is 2.54. The number of amides is 3. The van der Waals surface area contributed by atoms with Gasteiger partial charge in [0.25, 0.3) is 5.91 Å². The first-order chi connectivity index (χ1) is 24.2. The number of hydrogen-bond donors (Lipinski definition) is 2. The van der Waals surface area contributed by atoms with E-state index in [0.717, 1.165) is 65.9 Å². The lowest BCUT2D eigenvalue weighted by molar-refractivity contribution is -0.136. The Labute approximate surface area is 304 Å². The molecule has 9 heteroatoms. The summed E-state index contributed by atoms with van der Waals surface area (Å²) >= 11 is 12.8. The van der Waals surface area contributed by atoms with Gasteiger partial charge in [-0.1, -0.05) is 117 Å². The summed E-state index contributed by atoms with van der Waals surface area (Å²) < 4.78 is 0. The van der Waals surface area contributed by atoms with Crippen LogP contribution in [0, 0.1) is 17.8 Å². The predicted octanol–water partition coefficient (Wildman–Crippen LogP) is 8.93. The minimum atomic E-state index is -0.896. The smallest absolute Gasteiger partial charge is 0.251 e. The molecule has 1 saturated carbocycles. The van der Waals surface area contributed by atoms with Crippen molar-refractivity contribution in [2.45, 2.75) is 64.5 Å². The summed E-state index contributed by atoms with van der Waals surface area (Å²) in [5.41, 5.74) is 11.1. The highest BCUT2D eigenvalue weighted by molar-refractivity contribution is 6.36. The molecule has 1 fully saturated rings. The molecule has 1 aliphatic heterocycles. The lowest BCUT2D eigenvalue weighted by Gasteiger charge is -2.34. The zero-order valence-corrected chi connectivity index (χ0v) is 29.9. The first-order valence-electron chi connectivity index (χ1n) is 17.6. The van der Waals surface area contributed by atoms with Crippen molar-refractivity contribution >= 4 is 58.0 Å². The number of hydrogen-bond acceptors (Lipinski definition) is 4. The highest BCUT2D eigenvalue weighted by Crippen LogP contribution is 2.40. The van der Waals surface area contributed by atoms with Crippen LogP contribution in [0.1, 0.15) is 57.4 Å². The van der Waals surface area contributed by atoms with E-state index >= 15 is 0 Å². The number of carbonyl (C=O) groups is 3. The molecule has 3 amide bonds. The number of primary amides is 1. The fourth-order valence-corrected chi connectivity index (χ4v) is 7.76. The second kappa shape index (κ2) is 16.1. The maximum Gasteiger partial charge on any atom is 0.251 e. The van der Waals surface area contributed by atoms with Gasteiger partial charge >= 0.3 is 0 Å². The number of unbranched alkanes of at least 4 members (excludes halogenated alkanes) is 1. The molecule has 50 heavy (non-hydrogen) atoms. The summed E-state index contributed by atoms with van der Waals surface area (Å²) in [5.74, 6) is -1.77. The Balaban J connectivity index is 1.37. The van der Waals surface area contributed by atoms with Crippen LogP contribution >= 0.6 is 23.2 Å². The quantitative estimate of drug-likeness (QED) is 0.145. The van der Waals surface area contributed by atoms with Gasteiger partial charge < -0.3 is 20.9 Å². The van der Waals surface area contributed by atoms with Gasteiger partial charge in [-0.3, -0.25) is 14.4 Å². The third-order valence-electron chi connectivity index (χ3n) is 10.2. The van der Waals surface area contributed by atoms with Crippen LogP contribution in [0.3, 0.4) is 0 Å². The number of para-hydroxylation sites is 3. The van der Waals surface area contributed by atoms with E-state index in [1.54, 1.807) is 17.0 Å². The SMILES string of the molecule is CCCC[C@H](C(N)=O)[C@@H](CC1CCC1)C(=O)NC1CN(c2ccccc2)c2ccccc2N(Cc2cccc(-c3ccc(Cl)cc3Cl)c2)C1=O. The minimum absolute atomic E-state index is 0.217. The van der Waals surface area contributed by atoms with E-state index in [1.807, 2.05) is 84.9 Å². The number of halogens is 2. The second-order valence-electron chi connectivity index (χ2n) is 13.5. The van der Waals surface area contributed by atoms with Crippen LogP contribution in [-0.4, -0.2) is 30.3 Å². The molecular formula is C41H44Cl2N4O3. The van der Waals surface area contributed by atoms with Gasteiger partial charge in [0, 0.05) is 33.1 Å². The number of anilines is 3. The molecule has 0 bridgehead atoms. The standard InChI is InChI=1S/C41H44Cl2N4O3/c1-2-3-17-33(39(44)48)34(23-27-11-9-12-27)40(49)45-36-26-46(31-15-5-4-6-16-31)37-18-7-8-19-38(37)47(41(36)50)25-28-13-10-14-29(22-28)32-21-20-30(42)24-35(32)43/h4-8,10,13-16,18-22,24,27,33-34,36H,2-3,9,11-12,17,23,25-26H2,1H3,(H2,44,48)(H,45,49)/t33-,34+,36?/m0/s1. The van der Waals surface area contributed by atoms with E-state index < -0.39 is 23.8 Å². The van der Waals surface area contributed by atoms with Gasteiger partial charge in [-0.05, 0) is 72.4 Å². The van der Waals surface area contributed by atoms with E-state index in [4.69, 9.17) is 28.9 Å².